The van der Waals surface area contributed by atoms with E-state index in [9.17, 15) is 9.59 Å². The minimum absolute atomic E-state index is 0.0509. The summed E-state index contributed by atoms with van der Waals surface area (Å²) in [6.07, 6.45) is 0.297. The van der Waals surface area contributed by atoms with Crippen LogP contribution in [-0.2, 0) is 16.1 Å². The van der Waals surface area contributed by atoms with Gasteiger partial charge in [-0.05, 0) is 6.92 Å². The molecule has 1 aliphatic heterocycles. The lowest BCUT2D eigenvalue weighted by Gasteiger charge is -2.13. The number of nitrogens with zero attached hydrogens (tertiary/aromatic N) is 3. The lowest BCUT2D eigenvalue weighted by atomic mass is 10.1. The molecule has 2 amide bonds. The molecule has 0 spiro atoms. The largest absolute Gasteiger partial charge is 0.349 e. The minimum Gasteiger partial charge on any atom is -0.349 e. The highest BCUT2D eigenvalue weighted by Gasteiger charge is 2.33. The summed E-state index contributed by atoms with van der Waals surface area (Å²) in [5.41, 5.74) is 1.02. The molecule has 3 rings (SSSR count). The van der Waals surface area contributed by atoms with E-state index >= 15 is 0 Å². The molecule has 1 aromatic carbocycles. The summed E-state index contributed by atoms with van der Waals surface area (Å²) in [4.78, 5) is 25.6. The highest BCUT2D eigenvalue weighted by Crippen LogP contribution is 2.23. The highest BCUT2D eigenvalue weighted by atomic mass is 32.1. The van der Waals surface area contributed by atoms with Crippen molar-refractivity contribution in [2.24, 2.45) is 5.92 Å². The lowest BCUT2D eigenvalue weighted by Crippen LogP contribution is -2.32. The Balaban J connectivity index is 1.56. The van der Waals surface area contributed by atoms with Crippen LogP contribution in [0.5, 0.6) is 0 Å². The number of amides is 2. The summed E-state index contributed by atoms with van der Waals surface area (Å²) in [6, 6.07) is 9.82. The average Bonchev–Trinajstić information content (AvgIpc) is 3.20. The number of hydrogen-bond acceptors (Lipinski definition) is 5. The molecular formula is C16H18N4O2S. The van der Waals surface area contributed by atoms with E-state index in [4.69, 9.17) is 0 Å². The molecule has 1 fully saturated rings. The second-order valence-electron chi connectivity index (χ2n) is 5.42. The van der Waals surface area contributed by atoms with Crippen molar-refractivity contribution >= 4 is 23.2 Å². The maximum atomic E-state index is 12.2. The van der Waals surface area contributed by atoms with Gasteiger partial charge in [-0.25, -0.2) is 0 Å². The summed E-state index contributed by atoms with van der Waals surface area (Å²) in [5, 5.41) is 12.7. The Hall–Kier alpha value is -2.28. The van der Waals surface area contributed by atoms with Gasteiger partial charge in [0.05, 0.1) is 12.5 Å². The fourth-order valence-electron chi connectivity index (χ4n) is 2.58. The third-order valence-electron chi connectivity index (χ3n) is 3.87. The van der Waals surface area contributed by atoms with Gasteiger partial charge in [-0.3, -0.25) is 9.59 Å². The van der Waals surface area contributed by atoms with Gasteiger partial charge in [-0.15, -0.1) is 10.2 Å². The number of benzene rings is 1. The predicted molar refractivity (Wildman–Crippen MR) is 87.6 cm³/mol. The molecule has 23 heavy (non-hydrogen) atoms. The molecule has 1 aliphatic rings. The molecule has 0 unspecified atom stereocenters. The van der Waals surface area contributed by atoms with E-state index < -0.39 is 0 Å². The van der Waals surface area contributed by atoms with Crippen LogP contribution < -0.4 is 5.32 Å². The van der Waals surface area contributed by atoms with Crippen LogP contribution in [0.4, 0.5) is 0 Å². The van der Waals surface area contributed by atoms with Crippen molar-refractivity contribution in [3.63, 3.8) is 0 Å². The molecular weight excluding hydrogens is 312 g/mol. The van der Waals surface area contributed by atoms with Gasteiger partial charge in [0.25, 0.3) is 0 Å². The number of carbonyl (C=O) groups excluding carboxylic acids is 2. The van der Waals surface area contributed by atoms with Crippen LogP contribution in [0.1, 0.15) is 18.4 Å². The zero-order valence-corrected chi connectivity index (χ0v) is 13.7. The van der Waals surface area contributed by atoms with Crippen LogP contribution in [-0.4, -0.2) is 40.0 Å². The molecule has 1 aromatic heterocycles. The first-order valence-corrected chi connectivity index (χ1v) is 8.42. The Kier molecular flexibility index (Phi) is 4.66. The van der Waals surface area contributed by atoms with Crippen molar-refractivity contribution in [3.8, 4) is 10.6 Å². The van der Waals surface area contributed by atoms with E-state index in [0.29, 0.717) is 26.1 Å². The van der Waals surface area contributed by atoms with Crippen LogP contribution in [0.2, 0.25) is 0 Å². The second kappa shape index (κ2) is 6.87. The van der Waals surface area contributed by atoms with Crippen molar-refractivity contribution in [2.75, 3.05) is 13.1 Å². The van der Waals surface area contributed by atoms with Crippen molar-refractivity contribution in [2.45, 2.75) is 19.9 Å². The van der Waals surface area contributed by atoms with Crippen LogP contribution in [0.3, 0.4) is 0 Å². The number of aromatic nitrogens is 2. The van der Waals surface area contributed by atoms with Crippen LogP contribution in [0.15, 0.2) is 30.3 Å². The Bertz CT molecular complexity index is 701. The highest BCUT2D eigenvalue weighted by molar-refractivity contribution is 7.14. The first-order valence-electron chi connectivity index (χ1n) is 7.60. The number of rotatable bonds is 5. The molecule has 0 saturated carbocycles. The molecule has 1 atom stereocenters. The first kappa shape index (κ1) is 15.6. The number of carbonyl (C=O) groups is 2. The molecule has 0 aliphatic carbocycles. The SMILES string of the molecule is CCN1C[C@H](C(=O)NCc2nnc(-c3ccccc3)s2)CC1=O. The summed E-state index contributed by atoms with van der Waals surface area (Å²) < 4.78 is 0. The maximum Gasteiger partial charge on any atom is 0.225 e. The van der Waals surface area contributed by atoms with Crippen molar-refractivity contribution in [1.82, 2.24) is 20.4 Å². The number of nitrogens with one attached hydrogen (secondary N) is 1. The topological polar surface area (TPSA) is 75.2 Å². The zero-order valence-electron chi connectivity index (χ0n) is 12.9. The second-order valence-corrected chi connectivity index (χ2v) is 6.48. The van der Waals surface area contributed by atoms with Crippen molar-refractivity contribution in [3.05, 3.63) is 35.3 Å². The molecule has 0 radical (unpaired) electrons. The summed E-state index contributed by atoms with van der Waals surface area (Å²) in [7, 11) is 0. The molecule has 1 N–H and O–H groups in total. The molecule has 0 bridgehead atoms. The molecule has 2 aromatic rings. The summed E-state index contributed by atoms with van der Waals surface area (Å²) in [6.45, 7) is 3.43. The Morgan fingerprint density at radius 3 is 2.83 bits per heavy atom. The quantitative estimate of drug-likeness (QED) is 0.905. The monoisotopic (exact) mass is 330 g/mol. The lowest BCUT2D eigenvalue weighted by molar-refractivity contribution is -0.128. The van der Waals surface area contributed by atoms with Gasteiger partial charge in [0, 0.05) is 25.1 Å². The number of hydrogen-bond donors (Lipinski definition) is 1. The summed E-state index contributed by atoms with van der Waals surface area (Å²) >= 11 is 1.46. The van der Waals surface area contributed by atoms with E-state index in [1.165, 1.54) is 11.3 Å². The van der Waals surface area contributed by atoms with Crippen LogP contribution in [0.25, 0.3) is 10.6 Å². The van der Waals surface area contributed by atoms with E-state index in [1.54, 1.807) is 4.90 Å². The van der Waals surface area contributed by atoms with Gasteiger partial charge in [-0.1, -0.05) is 41.7 Å². The normalized spacial score (nSPS) is 17.5. The van der Waals surface area contributed by atoms with Gasteiger partial charge in [0.1, 0.15) is 10.0 Å². The number of likely N-dealkylation sites (tertiary alicyclic amines) is 1. The summed E-state index contributed by atoms with van der Waals surface area (Å²) in [5.74, 6) is -0.301. The third kappa shape index (κ3) is 3.56. The minimum atomic E-state index is -0.260. The molecule has 1 saturated heterocycles. The Labute approximate surface area is 138 Å². The predicted octanol–water partition coefficient (Wildman–Crippen LogP) is 1.69. The van der Waals surface area contributed by atoms with Crippen LogP contribution >= 0.6 is 11.3 Å². The molecule has 6 nitrogen and oxygen atoms in total. The average molecular weight is 330 g/mol. The van der Waals surface area contributed by atoms with E-state index in [0.717, 1.165) is 15.6 Å². The fraction of sp³-hybridized carbons (Fsp3) is 0.375. The fourth-order valence-corrected chi connectivity index (χ4v) is 3.37. The van der Waals surface area contributed by atoms with E-state index in [2.05, 4.69) is 15.5 Å². The molecule has 7 heteroatoms. The van der Waals surface area contributed by atoms with E-state index in [1.807, 2.05) is 37.3 Å². The smallest absolute Gasteiger partial charge is 0.225 e. The van der Waals surface area contributed by atoms with Gasteiger partial charge < -0.3 is 10.2 Å². The van der Waals surface area contributed by atoms with Gasteiger partial charge >= 0.3 is 0 Å². The Morgan fingerprint density at radius 2 is 2.13 bits per heavy atom. The van der Waals surface area contributed by atoms with E-state index in [-0.39, 0.29) is 17.7 Å². The molecule has 120 valence electrons. The van der Waals surface area contributed by atoms with Crippen molar-refractivity contribution < 1.29 is 9.59 Å². The first-order chi connectivity index (χ1) is 11.2. The van der Waals surface area contributed by atoms with Gasteiger partial charge in [0.2, 0.25) is 11.8 Å². The molecule has 2 heterocycles. The Morgan fingerprint density at radius 1 is 1.35 bits per heavy atom. The van der Waals surface area contributed by atoms with Gasteiger partial charge in [-0.2, -0.15) is 0 Å². The zero-order chi connectivity index (χ0) is 16.2. The van der Waals surface area contributed by atoms with Gasteiger partial charge in [0.15, 0.2) is 0 Å². The van der Waals surface area contributed by atoms with Crippen LogP contribution in [0, 0.1) is 5.92 Å². The maximum absolute atomic E-state index is 12.2. The standard InChI is InChI=1S/C16H18N4O2S/c1-2-20-10-12(8-14(20)21)15(22)17-9-13-18-19-16(23-13)11-6-4-3-5-7-11/h3-7,12H,2,8-10H2,1H3,(H,17,22)/t12-/m1/s1. The van der Waals surface area contributed by atoms with Crippen molar-refractivity contribution in [1.29, 1.82) is 0 Å². The third-order valence-corrected chi connectivity index (χ3v) is 4.84.